The molecule has 0 amide bonds. The van der Waals surface area contributed by atoms with E-state index in [1.165, 1.54) is 0 Å². The highest BCUT2D eigenvalue weighted by Gasteiger charge is 2.02. The van der Waals surface area contributed by atoms with Crippen LogP contribution in [0.2, 0.25) is 0 Å². The van der Waals surface area contributed by atoms with Crippen LogP contribution < -0.4 is 15.2 Å². The number of nitrogens with two attached hydrogens (primary N) is 1. The Morgan fingerprint density at radius 2 is 1.68 bits per heavy atom. The molecule has 1 aromatic heterocycles. The number of benzene rings is 1. The van der Waals surface area contributed by atoms with E-state index in [0.29, 0.717) is 12.4 Å². The third kappa shape index (κ3) is 3.69. The molecular formula is C15H18N2O2. The van der Waals surface area contributed by atoms with Crippen molar-refractivity contribution >= 4 is 0 Å². The number of hydrogen-bond donors (Lipinski definition) is 1. The summed E-state index contributed by atoms with van der Waals surface area (Å²) < 4.78 is 11.1. The standard InChI is InChI=1S/C15H18N2O2/c1-3-18-12-4-6-13(7-5-12)19-14-8-9-15(11(2)16)17-10-14/h4-11H,3,16H2,1-2H3. The molecule has 0 fully saturated rings. The first-order chi connectivity index (χ1) is 9.19. The molecule has 19 heavy (non-hydrogen) atoms. The summed E-state index contributed by atoms with van der Waals surface area (Å²) in [6, 6.07) is 11.1. The fourth-order valence-corrected chi connectivity index (χ4v) is 1.63. The van der Waals surface area contributed by atoms with E-state index in [1.54, 1.807) is 6.20 Å². The summed E-state index contributed by atoms with van der Waals surface area (Å²) in [7, 11) is 0. The molecule has 0 aliphatic heterocycles. The molecule has 1 heterocycles. The van der Waals surface area contributed by atoms with Crippen molar-refractivity contribution in [1.29, 1.82) is 0 Å². The van der Waals surface area contributed by atoms with Crippen molar-refractivity contribution < 1.29 is 9.47 Å². The van der Waals surface area contributed by atoms with Crippen molar-refractivity contribution in [2.24, 2.45) is 5.73 Å². The maximum atomic E-state index is 5.74. The van der Waals surface area contributed by atoms with Crippen LogP contribution in [0.25, 0.3) is 0 Å². The summed E-state index contributed by atoms with van der Waals surface area (Å²) in [5.41, 5.74) is 6.59. The summed E-state index contributed by atoms with van der Waals surface area (Å²) in [6.07, 6.45) is 1.68. The van der Waals surface area contributed by atoms with Gasteiger partial charge < -0.3 is 15.2 Å². The second-order valence-corrected chi connectivity index (χ2v) is 4.21. The van der Waals surface area contributed by atoms with E-state index in [9.17, 15) is 0 Å². The lowest BCUT2D eigenvalue weighted by atomic mass is 10.2. The van der Waals surface area contributed by atoms with Crippen LogP contribution in [-0.2, 0) is 0 Å². The third-order valence-corrected chi connectivity index (χ3v) is 2.60. The lowest BCUT2D eigenvalue weighted by Gasteiger charge is -2.08. The van der Waals surface area contributed by atoms with Crippen molar-refractivity contribution in [2.45, 2.75) is 19.9 Å². The van der Waals surface area contributed by atoms with Crippen LogP contribution in [0.1, 0.15) is 25.6 Å². The van der Waals surface area contributed by atoms with E-state index in [-0.39, 0.29) is 6.04 Å². The van der Waals surface area contributed by atoms with Crippen LogP contribution in [0.15, 0.2) is 42.6 Å². The van der Waals surface area contributed by atoms with E-state index in [2.05, 4.69) is 4.98 Å². The minimum Gasteiger partial charge on any atom is -0.494 e. The number of ether oxygens (including phenoxy) is 2. The lowest BCUT2D eigenvalue weighted by Crippen LogP contribution is -2.06. The SMILES string of the molecule is CCOc1ccc(Oc2ccc(C(C)N)nc2)cc1. The van der Waals surface area contributed by atoms with Gasteiger partial charge in [-0.1, -0.05) is 0 Å². The Labute approximate surface area is 113 Å². The maximum Gasteiger partial charge on any atom is 0.145 e. The van der Waals surface area contributed by atoms with Crippen molar-refractivity contribution in [1.82, 2.24) is 4.98 Å². The number of nitrogens with zero attached hydrogens (tertiary/aromatic N) is 1. The summed E-state index contributed by atoms with van der Waals surface area (Å²) in [5.74, 6) is 2.27. The first-order valence-corrected chi connectivity index (χ1v) is 6.31. The zero-order valence-electron chi connectivity index (χ0n) is 11.2. The molecule has 4 heteroatoms. The normalized spacial score (nSPS) is 11.9. The number of aromatic nitrogens is 1. The van der Waals surface area contributed by atoms with E-state index in [1.807, 2.05) is 50.2 Å². The second-order valence-electron chi connectivity index (χ2n) is 4.21. The minimum absolute atomic E-state index is 0.0699. The van der Waals surface area contributed by atoms with Gasteiger partial charge in [-0.15, -0.1) is 0 Å². The fraction of sp³-hybridized carbons (Fsp3) is 0.267. The Kier molecular flexibility index (Phi) is 4.36. The maximum absolute atomic E-state index is 5.74. The predicted molar refractivity (Wildman–Crippen MR) is 74.5 cm³/mol. The van der Waals surface area contributed by atoms with Crippen LogP contribution >= 0.6 is 0 Å². The number of hydrogen-bond acceptors (Lipinski definition) is 4. The predicted octanol–water partition coefficient (Wildman–Crippen LogP) is 3.29. The smallest absolute Gasteiger partial charge is 0.145 e. The lowest BCUT2D eigenvalue weighted by molar-refractivity contribution is 0.339. The van der Waals surface area contributed by atoms with Gasteiger partial charge in [0.05, 0.1) is 18.5 Å². The quantitative estimate of drug-likeness (QED) is 0.894. The van der Waals surface area contributed by atoms with Crippen LogP contribution in [0.5, 0.6) is 17.2 Å². The topological polar surface area (TPSA) is 57.4 Å². The minimum atomic E-state index is -0.0699. The number of rotatable bonds is 5. The highest BCUT2D eigenvalue weighted by Crippen LogP contribution is 2.23. The Morgan fingerprint density at radius 1 is 1.05 bits per heavy atom. The van der Waals surface area contributed by atoms with E-state index in [0.717, 1.165) is 17.2 Å². The van der Waals surface area contributed by atoms with Gasteiger partial charge in [0.25, 0.3) is 0 Å². The molecule has 1 aromatic carbocycles. The molecule has 0 spiro atoms. The van der Waals surface area contributed by atoms with E-state index < -0.39 is 0 Å². The second kappa shape index (κ2) is 6.20. The molecule has 100 valence electrons. The van der Waals surface area contributed by atoms with Crippen molar-refractivity contribution in [3.05, 3.63) is 48.3 Å². The van der Waals surface area contributed by atoms with Crippen molar-refractivity contribution in [3.8, 4) is 17.2 Å². The summed E-state index contributed by atoms with van der Waals surface area (Å²) >= 11 is 0. The molecule has 2 N–H and O–H groups in total. The molecule has 0 radical (unpaired) electrons. The molecule has 2 aromatic rings. The van der Waals surface area contributed by atoms with Gasteiger partial charge >= 0.3 is 0 Å². The molecule has 0 aliphatic rings. The highest BCUT2D eigenvalue weighted by atomic mass is 16.5. The molecule has 1 atom stereocenters. The fourth-order valence-electron chi connectivity index (χ4n) is 1.63. The third-order valence-electron chi connectivity index (χ3n) is 2.60. The van der Waals surface area contributed by atoms with Gasteiger partial charge in [0.2, 0.25) is 0 Å². The first-order valence-electron chi connectivity index (χ1n) is 6.31. The van der Waals surface area contributed by atoms with E-state index >= 15 is 0 Å². The molecular weight excluding hydrogens is 240 g/mol. The van der Waals surface area contributed by atoms with Gasteiger partial charge in [0.15, 0.2) is 0 Å². The van der Waals surface area contributed by atoms with Crippen molar-refractivity contribution in [3.63, 3.8) is 0 Å². The van der Waals surface area contributed by atoms with Gasteiger partial charge in [-0.25, -0.2) is 0 Å². The molecule has 0 bridgehead atoms. The van der Waals surface area contributed by atoms with E-state index in [4.69, 9.17) is 15.2 Å². The molecule has 0 saturated carbocycles. The van der Waals surface area contributed by atoms with Crippen LogP contribution in [0.3, 0.4) is 0 Å². The summed E-state index contributed by atoms with van der Waals surface area (Å²) in [6.45, 7) is 4.51. The Hall–Kier alpha value is -2.07. The summed E-state index contributed by atoms with van der Waals surface area (Å²) in [4.78, 5) is 4.25. The zero-order chi connectivity index (χ0) is 13.7. The molecule has 4 nitrogen and oxygen atoms in total. The molecule has 2 rings (SSSR count). The summed E-state index contributed by atoms with van der Waals surface area (Å²) in [5, 5.41) is 0. The van der Waals surface area contributed by atoms with Crippen molar-refractivity contribution in [2.75, 3.05) is 6.61 Å². The van der Waals surface area contributed by atoms with Gasteiger partial charge in [-0.05, 0) is 50.2 Å². The van der Waals surface area contributed by atoms with Crippen LogP contribution in [-0.4, -0.2) is 11.6 Å². The number of pyridine rings is 1. The molecule has 0 aliphatic carbocycles. The van der Waals surface area contributed by atoms with Gasteiger partial charge in [0, 0.05) is 6.04 Å². The average Bonchev–Trinajstić information content (AvgIpc) is 2.42. The largest absolute Gasteiger partial charge is 0.494 e. The molecule has 1 unspecified atom stereocenters. The van der Waals surface area contributed by atoms with Crippen LogP contribution in [0, 0.1) is 0 Å². The Morgan fingerprint density at radius 3 is 2.21 bits per heavy atom. The van der Waals surface area contributed by atoms with Gasteiger partial charge in [0.1, 0.15) is 17.2 Å². The highest BCUT2D eigenvalue weighted by molar-refractivity contribution is 5.34. The Balaban J connectivity index is 2.04. The van der Waals surface area contributed by atoms with Crippen LogP contribution in [0.4, 0.5) is 0 Å². The Bertz CT molecular complexity index is 507. The van der Waals surface area contributed by atoms with Gasteiger partial charge in [-0.2, -0.15) is 0 Å². The van der Waals surface area contributed by atoms with Gasteiger partial charge in [-0.3, -0.25) is 4.98 Å². The first kappa shape index (κ1) is 13.4. The molecule has 0 saturated heterocycles. The monoisotopic (exact) mass is 258 g/mol. The zero-order valence-corrected chi connectivity index (χ0v) is 11.2. The average molecular weight is 258 g/mol.